The van der Waals surface area contributed by atoms with Gasteiger partial charge in [-0.2, -0.15) is 5.10 Å². The molecule has 114 valence electrons. The van der Waals surface area contributed by atoms with Crippen LogP contribution in [0, 0.1) is 11.8 Å². The minimum Gasteiger partial charge on any atom is -0.316 e. The van der Waals surface area contributed by atoms with E-state index in [1.54, 1.807) is 0 Å². The largest absolute Gasteiger partial charge is 0.316 e. The minimum absolute atomic E-state index is 0.507. The van der Waals surface area contributed by atoms with Gasteiger partial charge in [-0.1, -0.05) is 26.7 Å². The first-order chi connectivity index (χ1) is 9.63. The first-order valence-electron chi connectivity index (χ1n) is 8.35. The molecule has 0 aliphatic heterocycles. The highest BCUT2D eigenvalue weighted by Gasteiger charge is 2.25. The van der Waals surface area contributed by atoms with Crippen molar-refractivity contribution in [2.45, 2.75) is 71.4 Å². The fourth-order valence-electron chi connectivity index (χ4n) is 3.34. The number of rotatable bonds is 6. The van der Waals surface area contributed by atoms with E-state index in [0.29, 0.717) is 12.1 Å². The molecule has 2 rings (SSSR count). The van der Waals surface area contributed by atoms with Crippen LogP contribution in [0.2, 0.25) is 0 Å². The van der Waals surface area contributed by atoms with Crippen LogP contribution in [0.1, 0.15) is 64.6 Å². The Labute approximate surface area is 124 Å². The molecular formula is C17H31N3. The maximum Gasteiger partial charge on any atom is 0.0640 e. The lowest BCUT2D eigenvalue weighted by molar-refractivity contribution is 0.234. The third-order valence-corrected chi connectivity index (χ3v) is 5.14. The molecular weight excluding hydrogens is 246 g/mol. The van der Waals surface area contributed by atoms with Gasteiger partial charge in [0.15, 0.2) is 0 Å². The Morgan fingerprint density at radius 1 is 1.35 bits per heavy atom. The van der Waals surface area contributed by atoms with Crippen molar-refractivity contribution in [1.82, 2.24) is 15.1 Å². The van der Waals surface area contributed by atoms with Crippen molar-refractivity contribution in [1.29, 1.82) is 0 Å². The molecule has 20 heavy (non-hydrogen) atoms. The molecule has 2 atom stereocenters. The van der Waals surface area contributed by atoms with Crippen molar-refractivity contribution in [3.63, 3.8) is 0 Å². The Bertz CT molecular complexity index is 391. The second-order valence-electron chi connectivity index (χ2n) is 6.66. The van der Waals surface area contributed by atoms with Crippen LogP contribution < -0.4 is 5.32 Å². The highest BCUT2D eigenvalue weighted by molar-refractivity contribution is 5.03. The van der Waals surface area contributed by atoms with Crippen LogP contribution in [0.15, 0.2) is 12.3 Å². The second kappa shape index (κ2) is 7.26. The van der Waals surface area contributed by atoms with E-state index in [-0.39, 0.29) is 0 Å². The fraction of sp³-hybridized carbons (Fsp3) is 0.824. The molecule has 1 saturated carbocycles. The van der Waals surface area contributed by atoms with Gasteiger partial charge < -0.3 is 5.32 Å². The summed E-state index contributed by atoms with van der Waals surface area (Å²) in [5.74, 6) is 1.75. The lowest BCUT2D eigenvalue weighted by atomic mass is 9.78. The van der Waals surface area contributed by atoms with Crippen LogP contribution in [-0.4, -0.2) is 22.9 Å². The SMILES string of the molecule is CCC(C)n1ccc(CC(NC)C2CCC(C)CC2)n1. The molecule has 1 N–H and O–H groups in total. The number of hydrogen-bond donors (Lipinski definition) is 1. The average molecular weight is 277 g/mol. The Hall–Kier alpha value is -0.830. The standard InChI is InChI=1S/C17H31N3/c1-5-14(3)20-11-10-16(19-20)12-17(18-4)15-8-6-13(2)7-9-15/h10-11,13-15,17-18H,5-9,12H2,1-4H3. The minimum atomic E-state index is 0.507. The van der Waals surface area contributed by atoms with E-state index in [2.05, 4.69) is 50.1 Å². The summed E-state index contributed by atoms with van der Waals surface area (Å²) >= 11 is 0. The smallest absolute Gasteiger partial charge is 0.0640 e. The maximum absolute atomic E-state index is 4.76. The molecule has 1 aromatic heterocycles. The Balaban J connectivity index is 1.94. The summed E-state index contributed by atoms with van der Waals surface area (Å²) in [7, 11) is 2.11. The lowest BCUT2D eigenvalue weighted by Crippen LogP contribution is -2.37. The number of hydrogen-bond acceptors (Lipinski definition) is 2. The first-order valence-corrected chi connectivity index (χ1v) is 8.35. The third-order valence-electron chi connectivity index (χ3n) is 5.14. The molecule has 1 aromatic rings. The van der Waals surface area contributed by atoms with Gasteiger partial charge >= 0.3 is 0 Å². The van der Waals surface area contributed by atoms with Gasteiger partial charge in [-0.3, -0.25) is 4.68 Å². The summed E-state index contributed by atoms with van der Waals surface area (Å²) < 4.78 is 2.12. The molecule has 0 spiro atoms. The first kappa shape index (κ1) is 15.6. The summed E-state index contributed by atoms with van der Waals surface area (Å²) in [5, 5.41) is 8.29. The van der Waals surface area contributed by atoms with Crippen LogP contribution in [-0.2, 0) is 6.42 Å². The van der Waals surface area contributed by atoms with E-state index in [0.717, 1.165) is 24.7 Å². The Morgan fingerprint density at radius 2 is 2.05 bits per heavy atom. The van der Waals surface area contributed by atoms with Gasteiger partial charge in [0.05, 0.1) is 5.69 Å². The molecule has 0 saturated heterocycles. The van der Waals surface area contributed by atoms with Crippen molar-refractivity contribution in [3.8, 4) is 0 Å². The van der Waals surface area contributed by atoms with Gasteiger partial charge in [0.25, 0.3) is 0 Å². The Kier molecular flexibility index (Phi) is 5.64. The Morgan fingerprint density at radius 3 is 2.65 bits per heavy atom. The van der Waals surface area contributed by atoms with Gasteiger partial charge in [0.2, 0.25) is 0 Å². The third kappa shape index (κ3) is 3.85. The van der Waals surface area contributed by atoms with Gasteiger partial charge in [0.1, 0.15) is 0 Å². The predicted molar refractivity (Wildman–Crippen MR) is 84.9 cm³/mol. The molecule has 1 heterocycles. The highest BCUT2D eigenvalue weighted by Crippen LogP contribution is 2.31. The second-order valence-corrected chi connectivity index (χ2v) is 6.66. The van der Waals surface area contributed by atoms with Crippen LogP contribution in [0.3, 0.4) is 0 Å². The normalized spacial score (nSPS) is 26.4. The van der Waals surface area contributed by atoms with Crippen molar-refractivity contribution >= 4 is 0 Å². The van der Waals surface area contributed by atoms with Gasteiger partial charge in [-0.15, -0.1) is 0 Å². The van der Waals surface area contributed by atoms with E-state index in [9.17, 15) is 0 Å². The fourth-order valence-corrected chi connectivity index (χ4v) is 3.34. The summed E-state index contributed by atoms with van der Waals surface area (Å²) in [6.07, 6.45) is 9.88. The van der Waals surface area contributed by atoms with Gasteiger partial charge in [-0.25, -0.2) is 0 Å². The summed E-state index contributed by atoms with van der Waals surface area (Å²) in [6.45, 7) is 6.83. The summed E-state index contributed by atoms with van der Waals surface area (Å²) in [6, 6.07) is 3.29. The topological polar surface area (TPSA) is 29.9 Å². The van der Waals surface area contributed by atoms with Gasteiger partial charge in [0, 0.05) is 24.7 Å². The van der Waals surface area contributed by atoms with Crippen molar-refractivity contribution < 1.29 is 0 Å². The molecule has 2 unspecified atom stereocenters. The molecule has 3 heteroatoms. The number of likely N-dealkylation sites (N-methyl/N-ethyl adjacent to an activating group) is 1. The molecule has 1 aliphatic rings. The van der Waals surface area contributed by atoms with E-state index < -0.39 is 0 Å². The predicted octanol–water partition coefficient (Wildman–Crippen LogP) is 3.81. The summed E-state index contributed by atoms with van der Waals surface area (Å²) in [5.41, 5.74) is 1.24. The monoisotopic (exact) mass is 277 g/mol. The van der Waals surface area contributed by atoms with E-state index in [1.807, 2.05) is 0 Å². The molecule has 1 aliphatic carbocycles. The molecule has 0 bridgehead atoms. The molecule has 0 radical (unpaired) electrons. The van der Waals surface area contributed by atoms with Crippen LogP contribution in [0.5, 0.6) is 0 Å². The zero-order valence-electron chi connectivity index (χ0n) is 13.6. The quantitative estimate of drug-likeness (QED) is 0.857. The van der Waals surface area contributed by atoms with Crippen LogP contribution in [0.4, 0.5) is 0 Å². The average Bonchev–Trinajstić information content (AvgIpc) is 2.93. The van der Waals surface area contributed by atoms with Crippen LogP contribution >= 0.6 is 0 Å². The lowest BCUT2D eigenvalue weighted by Gasteiger charge is -2.32. The zero-order valence-corrected chi connectivity index (χ0v) is 13.6. The van der Waals surface area contributed by atoms with Crippen molar-refractivity contribution in [2.75, 3.05) is 7.05 Å². The van der Waals surface area contributed by atoms with E-state index in [4.69, 9.17) is 5.10 Å². The summed E-state index contributed by atoms with van der Waals surface area (Å²) in [4.78, 5) is 0. The number of nitrogens with zero attached hydrogens (tertiary/aromatic N) is 2. The number of nitrogens with one attached hydrogen (secondary N) is 1. The number of aromatic nitrogens is 2. The highest BCUT2D eigenvalue weighted by atomic mass is 15.3. The molecule has 3 nitrogen and oxygen atoms in total. The van der Waals surface area contributed by atoms with E-state index in [1.165, 1.54) is 31.4 Å². The van der Waals surface area contributed by atoms with Crippen LogP contribution in [0.25, 0.3) is 0 Å². The van der Waals surface area contributed by atoms with Crippen molar-refractivity contribution in [3.05, 3.63) is 18.0 Å². The maximum atomic E-state index is 4.76. The molecule has 1 fully saturated rings. The molecule has 0 amide bonds. The van der Waals surface area contributed by atoms with Crippen molar-refractivity contribution in [2.24, 2.45) is 11.8 Å². The van der Waals surface area contributed by atoms with Gasteiger partial charge in [-0.05, 0) is 51.1 Å². The zero-order chi connectivity index (χ0) is 14.5. The van der Waals surface area contributed by atoms with E-state index >= 15 is 0 Å². The molecule has 0 aromatic carbocycles.